The molecule has 3 rings (SSSR count). The zero-order valence-corrected chi connectivity index (χ0v) is 14.6. The van der Waals surface area contributed by atoms with Gasteiger partial charge in [-0.2, -0.15) is 0 Å². The minimum Gasteiger partial charge on any atom is -0.477 e. The van der Waals surface area contributed by atoms with Crippen molar-refractivity contribution in [3.05, 3.63) is 48.7 Å². The van der Waals surface area contributed by atoms with Gasteiger partial charge in [-0.3, -0.25) is 0 Å². The second kappa shape index (κ2) is 7.21. The van der Waals surface area contributed by atoms with E-state index in [2.05, 4.69) is 9.88 Å². The maximum Gasteiger partial charge on any atom is 0.213 e. The van der Waals surface area contributed by atoms with Gasteiger partial charge in [0, 0.05) is 31.6 Å². The van der Waals surface area contributed by atoms with Crippen LogP contribution in [-0.2, 0) is 9.84 Å². The molecule has 0 N–H and O–H groups in total. The number of piperidine rings is 1. The van der Waals surface area contributed by atoms with Crippen LogP contribution in [0.5, 0.6) is 5.88 Å². The molecule has 1 saturated heterocycles. The summed E-state index contributed by atoms with van der Waals surface area (Å²) in [5.41, 5.74) is 0.809. The first-order valence-electron chi connectivity index (χ1n) is 8.12. The van der Waals surface area contributed by atoms with E-state index in [1.807, 2.05) is 30.3 Å². The predicted octanol–water partition coefficient (Wildman–Crippen LogP) is 2.78. The molecular weight excluding hydrogens is 324 g/mol. The number of anilines is 1. The maximum absolute atomic E-state index is 12.0. The van der Waals surface area contributed by atoms with Crippen LogP contribution in [0.2, 0.25) is 0 Å². The lowest BCUT2D eigenvalue weighted by Gasteiger charge is -2.34. The Hall–Kier alpha value is -2.08. The van der Waals surface area contributed by atoms with Gasteiger partial charge < -0.3 is 9.64 Å². The van der Waals surface area contributed by atoms with E-state index in [1.165, 1.54) is 6.26 Å². The third kappa shape index (κ3) is 4.06. The molecule has 0 bridgehead atoms. The van der Waals surface area contributed by atoms with Crippen molar-refractivity contribution in [2.75, 3.05) is 30.9 Å². The molecule has 0 saturated carbocycles. The van der Waals surface area contributed by atoms with Crippen molar-refractivity contribution in [3.8, 4) is 5.88 Å². The molecule has 1 aromatic heterocycles. The minimum absolute atomic E-state index is 0.410. The van der Waals surface area contributed by atoms with Crippen molar-refractivity contribution >= 4 is 15.5 Å². The SMILES string of the molecule is CS(=O)(=O)c1ccccc1N1CCC(COc2ccccn2)CC1. The Bertz CT molecular complexity index is 770. The molecule has 0 unspecified atom stereocenters. The Morgan fingerprint density at radius 3 is 2.50 bits per heavy atom. The third-order valence-corrected chi connectivity index (χ3v) is 5.47. The van der Waals surface area contributed by atoms with Gasteiger partial charge in [0.2, 0.25) is 5.88 Å². The maximum atomic E-state index is 12.0. The number of rotatable bonds is 5. The molecular formula is C18H22N2O3S. The number of hydrogen-bond acceptors (Lipinski definition) is 5. The summed E-state index contributed by atoms with van der Waals surface area (Å²) in [6.07, 6.45) is 4.94. The van der Waals surface area contributed by atoms with E-state index in [1.54, 1.807) is 18.3 Å². The molecule has 6 heteroatoms. The van der Waals surface area contributed by atoms with Crippen molar-refractivity contribution in [1.29, 1.82) is 0 Å². The average molecular weight is 346 g/mol. The second-order valence-electron chi connectivity index (χ2n) is 6.15. The zero-order chi connectivity index (χ0) is 17.0. The molecule has 1 aliphatic rings. The lowest BCUT2D eigenvalue weighted by molar-refractivity contribution is 0.216. The van der Waals surface area contributed by atoms with Gasteiger partial charge in [-0.15, -0.1) is 0 Å². The fraction of sp³-hybridized carbons (Fsp3) is 0.389. The molecule has 0 amide bonds. The van der Waals surface area contributed by atoms with Gasteiger partial charge in [-0.1, -0.05) is 18.2 Å². The summed E-state index contributed by atoms with van der Waals surface area (Å²) in [6, 6.07) is 12.9. The predicted molar refractivity (Wildman–Crippen MR) is 94.2 cm³/mol. The van der Waals surface area contributed by atoms with Gasteiger partial charge >= 0.3 is 0 Å². The lowest BCUT2D eigenvalue weighted by Crippen LogP contribution is -2.36. The molecule has 0 aliphatic carbocycles. The number of sulfone groups is 1. The summed E-state index contributed by atoms with van der Waals surface area (Å²) in [5, 5.41) is 0. The summed E-state index contributed by atoms with van der Waals surface area (Å²) >= 11 is 0. The summed E-state index contributed by atoms with van der Waals surface area (Å²) < 4.78 is 29.7. The molecule has 128 valence electrons. The minimum atomic E-state index is -3.22. The van der Waals surface area contributed by atoms with Crippen molar-refractivity contribution in [1.82, 2.24) is 4.98 Å². The molecule has 0 atom stereocenters. The van der Waals surface area contributed by atoms with Crippen molar-refractivity contribution in [2.45, 2.75) is 17.7 Å². The number of ether oxygens (including phenoxy) is 1. The Labute approximate surface area is 143 Å². The standard InChI is InChI=1S/C18H22N2O3S/c1-24(21,22)17-7-3-2-6-16(17)20-12-9-15(10-13-20)14-23-18-8-4-5-11-19-18/h2-8,11,15H,9-10,12-14H2,1H3. The Kier molecular flexibility index (Phi) is 5.04. The summed E-state index contributed by atoms with van der Waals surface area (Å²) in [4.78, 5) is 6.74. The number of hydrogen-bond donors (Lipinski definition) is 0. The highest BCUT2D eigenvalue weighted by Gasteiger charge is 2.23. The first kappa shape index (κ1) is 16.8. The summed E-state index contributed by atoms with van der Waals surface area (Å²) in [6.45, 7) is 2.32. The summed E-state index contributed by atoms with van der Waals surface area (Å²) in [7, 11) is -3.22. The van der Waals surface area contributed by atoms with E-state index in [4.69, 9.17) is 4.74 Å². The largest absolute Gasteiger partial charge is 0.477 e. The smallest absolute Gasteiger partial charge is 0.213 e. The van der Waals surface area contributed by atoms with E-state index in [0.717, 1.165) is 31.6 Å². The Balaban J connectivity index is 1.60. The van der Waals surface area contributed by atoms with Crippen LogP contribution in [0, 0.1) is 5.92 Å². The van der Waals surface area contributed by atoms with Gasteiger partial charge in [0.15, 0.2) is 9.84 Å². The average Bonchev–Trinajstić information content (AvgIpc) is 2.61. The van der Waals surface area contributed by atoms with Crippen molar-refractivity contribution < 1.29 is 13.2 Å². The normalized spacial score (nSPS) is 16.1. The molecule has 24 heavy (non-hydrogen) atoms. The first-order chi connectivity index (χ1) is 11.5. The molecule has 2 aromatic rings. The van der Waals surface area contributed by atoms with E-state index in [9.17, 15) is 8.42 Å². The first-order valence-corrected chi connectivity index (χ1v) is 10.0. The highest BCUT2D eigenvalue weighted by molar-refractivity contribution is 7.90. The van der Waals surface area contributed by atoms with E-state index >= 15 is 0 Å². The van der Waals surface area contributed by atoms with E-state index < -0.39 is 9.84 Å². The van der Waals surface area contributed by atoms with Gasteiger partial charge in [-0.05, 0) is 37.0 Å². The fourth-order valence-corrected chi connectivity index (χ4v) is 3.91. The van der Waals surface area contributed by atoms with Crippen LogP contribution in [0.25, 0.3) is 0 Å². The molecule has 0 radical (unpaired) electrons. The lowest BCUT2D eigenvalue weighted by atomic mass is 9.97. The van der Waals surface area contributed by atoms with Crippen LogP contribution < -0.4 is 9.64 Å². The van der Waals surface area contributed by atoms with Crippen LogP contribution >= 0.6 is 0 Å². The van der Waals surface area contributed by atoms with Gasteiger partial charge in [0.25, 0.3) is 0 Å². The molecule has 5 nitrogen and oxygen atoms in total. The summed E-state index contributed by atoms with van der Waals surface area (Å²) in [5.74, 6) is 1.12. The van der Waals surface area contributed by atoms with E-state index in [0.29, 0.717) is 23.3 Å². The number of benzene rings is 1. The van der Waals surface area contributed by atoms with Crippen LogP contribution in [0.15, 0.2) is 53.6 Å². The Morgan fingerprint density at radius 1 is 1.12 bits per heavy atom. The molecule has 1 fully saturated rings. The monoisotopic (exact) mass is 346 g/mol. The molecule has 1 aromatic carbocycles. The van der Waals surface area contributed by atoms with Crippen molar-refractivity contribution in [2.24, 2.45) is 5.92 Å². The third-order valence-electron chi connectivity index (χ3n) is 4.32. The second-order valence-corrected chi connectivity index (χ2v) is 8.13. The fourth-order valence-electron chi connectivity index (χ4n) is 3.01. The van der Waals surface area contributed by atoms with Gasteiger partial charge in [0.1, 0.15) is 0 Å². The van der Waals surface area contributed by atoms with Crippen LogP contribution in [-0.4, -0.2) is 39.4 Å². The number of para-hydroxylation sites is 1. The molecule has 0 spiro atoms. The molecule has 1 aliphatic heterocycles. The highest BCUT2D eigenvalue weighted by Crippen LogP contribution is 2.29. The van der Waals surface area contributed by atoms with E-state index in [-0.39, 0.29) is 0 Å². The quantitative estimate of drug-likeness (QED) is 0.833. The highest BCUT2D eigenvalue weighted by atomic mass is 32.2. The van der Waals surface area contributed by atoms with Gasteiger partial charge in [0.05, 0.1) is 17.2 Å². The van der Waals surface area contributed by atoms with Crippen LogP contribution in [0.4, 0.5) is 5.69 Å². The van der Waals surface area contributed by atoms with Crippen LogP contribution in [0.3, 0.4) is 0 Å². The Morgan fingerprint density at radius 2 is 1.83 bits per heavy atom. The number of aromatic nitrogens is 1. The molecule has 2 heterocycles. The zero-order valence-electron chi connectivity index (χ0n) is 13.8. The van der Waals surface area contributed by atoms with Crippen LogP contribution in [0.1, 0.15) is 12.8 Å². The topological polar surface area (TPSA) is 59.5 Å². The number of pyridine rings is 1. The van der Waals surface area contributed by atoms with Gasteiger partial charge in [-0.25, -0.2) is 13.4 Å². The van der Waals surface area contributed by atoms with Crippen molar-refractivity contribution in [3.63, 3.8) is 0 Å². The number of nitrogens with zero attached hydrogens (tertiary/aromatic N) is 2.